The third-order valence-corrected chi connectivity index (χ3v) is 5.80. The second-order valence-corrected chi connectivity index (χ2v) is 7.39. The fourth-order valence-electron chi connectivity index (χ4n) is 2.82. The van der Waals surface area contributed by atoms with Gasteiger partial charge in [0.25, 0.3) is 0 Å². The Morgan fingerprint density at radius 2 is 2.21 bits per heavy atom. The molecule has 1 aromatic rings. The lowest BCUT2D eigenvalue weighted by Gasteiger charge is -2.26. The summed E-state index contributed by atoms with van der Waals surface area (Å²) in [7, 11) is -0.780. The van der Waals surface area contributed by atoms with Crippen LogP contribution in [-0.4, -0.2) is 9.46 Å². The molecule has 0 amide bonds. The van der Waals surface area contributed by atoms with Crippen molar-refractivity contribution in [3.8, 4) is 6.07 Å². The molecule has 2 nitrogen and oxygen atoms in total. The van der Waals surface area contributed by atoms with Crippen LogP contribution in [0.25, 0.3) is 0 Å². The molecule has 0 saturated heterocycles. The van der Waals surface area contributed by atoms with Crippen LogP contribution in [0.4, 0.5) is 0 Å². The average molecular weight is 275 g/mol. The molecule has 1 aliphatic rings. The highest BCUT2D eigenvalue weighted by atomic mass is 32.2. The van der Waals surface area contributed by atoms with Gasteiger partial charge in [-0.2, -0.15) is 5.26 Å². The predicted octanol–water partition coefficient (Wildman–Crippen LogP) is 3.69. The highest BCUT2D eigenvalue weighted by molar-refractivity contribution is 7.84. The fourth-order valence-corrected chi connectivity index (χ4v) is 4.65. The van der Waals surface area contributed by atoms with E-state index in [-0.39, 0.29) is 0 Å². The second-order valence-electron chi connectivity index (χ2n) is 5.67. The quantitative estimate of drug-likeness (QED) is 0.844. The summed E-state index contributed by atoms with van der Waals surface area (Å²) < 4.78 is 12.5. The van der Waals surface area contributed by atoms with E-state index < -0.39 is 10.8 Å². The largest absolute Gasteiger partial charge is 0.259 e. The third kappa shape index (κ3) is 3.67. The summed E-state index contributed by atoms with van der Waals surface area (Å²) in [5, 5.41) is 9.22. The number of nitrogens with zero attached hydrogens (tertiary/aromatic N) is 1. The van der Waals surface area contributed by atoms with Crippen molar-refractivity contribution in [1.82, 2.24) is 0 Å². The predicted molar refractivity (Wildman–Crippen MR) is 79.2 cm³/mol. The Morgan fingerprint density at radius 3 is 2.84 bits per heavy atom. The lowest BCUT2D eigenvalue weighted by atomic mass is 9.91. The van der Waals surface area contributed by atoms with Gasteiger partial charge in [0.2, 0.25) is 0 Å². The summed E-state index contributed by atoms with van der Waals surface area (Å²) in [6.45, 7) is 4.26. The zero-order valence-corrected chi connectivity index (χ0v) is 12.5. The Hall–Kier alpha value is -1.14. The smallest absolute Gasteiger partial charge is 0.0991 e. The van der Waals surface area contributed by atoms with Crippen LogP contribution in [0.5, 0.6) is 0 Å². The Bertz CT molecular complexity index is 518. The van der Waals surface area contributed by atoms with Crippen molar-refractivity contribution in [2.24, 2.45) is 5.92 Å². The Labute approximate surface area is 118 Å². The van der Waals surface area contributed by atoms with Crippen LogP contribution in [-0.2, 0) is 16.6 Å². The number of rotatable bonds is 3. The van der Waals surface area contributed by atoms with Gasteiger partial charge in [-0.15, -0.1) is 0 Å². The molecule has 1 aromatic carbocycles. The van der Waals surface area contributed by atoms with Crippen molar-refractivity contribution in [1.29, 1.82) is 5.26 Å². The molecule has 19 heavy (non-hydrogen) atoms. The van der Waals surface area contributed by atoms with Crippen molar-refractivity contribution in [3.63, 3.8) is 0 Å². The van der Waals surface area contributed by atoms with Gasteiger partial charge in [0.1, 0.15) is 0 Å². The monoisotopic (exact) mass is 275 g/mol. The van der Waals surface area contributed by atoms with E-state index in [1.54, 1.807) is 0 Å². The zero-order chi connectivity index (χ0) is 13.8. The van der Waals surface area contributed by atoms with Gasteiger partial charge in [0, 0.05) is 21.8 Å². The first-order chi connectivity index (χ1) is 9.10. The van der Waals surface area contributed by atoms with Gasteiger partial charge in [0.05, 0.1) is 11.6 Å². The van der Waals surface area contributed by atoms with Crippen LogP contribution < -0.4 is 0 Å². The summed E-state index contributed by atoms with van der Waals surface area (Å²) in [6.07, 6.45) is 4.70. The van der Waals surface area contributed by atoms with E-state index in [9.17, 15) is 4.21 Å². The molecule has 3 atom stereocenters. The summed E-state index contributed by atoms with van der Waals surface area (Å²) in [4.78, 5) is 0. The van der Waals surface area contributed by atoms with E-state index in [4.69, 9.17) is 5.26 Å². The SMILES string of the molecule is Cc1cc(C#N)ccc1CS(=O)C1CCCC(C)C1. The Balaban J connectivity index is 2.04. The summed E-state index contributed by atoms with van der Waals surface area (Å²) in [5.41, 5.74) is 2.88. The van der Waals surface area contributed by atoms with Crippen LogP contribution in [0, 0.1) is 24.2 Å². The minimum atomic E-state index is -0.780. The molecule has 0 aliphatic heterocycles. The highest BCUT2D eigenvalue weighted by Gasteiger charge is 2.24. The van der Waals surface area contributed by atoms with Crippen molar-refractivity contribution >= 4 is 10.8 Å². The van der Waals surface area contributed by atoms with Crippen LogP contribution in [0.15, 0.2) is 18.2 Å². The van der Waals surface area contributed by atoms with E-state index in [0.29, 0.717) is 22.5 Å². The molecule has 0 bridgehead atoms. The van der Waals surface area contributed by atoms with Crippen molar-refractivity contribution in [3.05, 3.63) is 34.9 Å². The maximum absolute atomic E-state index is 12.5. The standard InChI is InChI=1S/C16H21NOS/c1-12-4-3-5-16(8-12)19(18)11-15-7-6-14(10-17)9-13(15)2/h6-7,9,12,16H,3-5,8,11H2,1-2H3. The zero-order valence-electron chi connectivity index (χ0n) is 11.7. The van der Waals surface area contributed by atoms with Gasteiger partial charge in [-0.1, -0.05) is 25.8 Å². The van der Waals surface area contributed by atoms with E-state index >= 15 is 0 Å². The molecular formula is C16H21NOS. The van der Waals surface area contributed by atoms with Crippen LogP contribution in [0.1, 0.15) is 49.3 Å². The molecule has 0 radical (unpaired) electrons. The Morgan fingerprint density at radius 1 is 1.42 bits per heavy atom. The van der Waals surface area contributed by atoms with E-state index in [1.165, 1.54) is 12.8 Å². The topological polar surface area (TPSA) is 40.9 Å². The molecule has 1 saturated carbocycles. The Kier molecular flexibility index (Phi) is 4.76. The summed E-state index contributed by atoms with van der Waals surface area (Å²) >= 11 is 0. The van der Waals surface area contributed by atoms with E-state index in [1.807, 2.05) is 25.1 Å². The van der Waals surface area contributed by atoms with Crippen LogP contribution >= 0.6 is 0 Å². The maximum Gasteiger partial charge on any atom is 0.0991 e. The average Bonchev–Trinajstić information content (AvgIpc) is 2.41. The van der Waals surface area contributed by atoms with Gasteiger partial charge >= 0.3 is 0 Å². The van der Waals surface area contributed by atoms with E-state index in [0.717, 1.165) is 24.0 Å². The lowest BCUT2D eigenvalue weighted by Crippen LogP contribution is -2.24. The first-order valence-corrected chi connectivity index (χ1v) is 8.35. The summed E-state index contributed by atoms with van der Waals surface area (Å²) in [5.74, 6) is 1.35. The number of nitriles is 1. The van der Waals surface area contributed by atoms with Crippen LogP contribution in [0.3, 0.4) is 0 Å². The van der Waals surface area contributed by atoms with Gasteiger partial charge in [-0.3, -0.25) is 4.21 Å². The van der Waals surface area contributed by atoms with Gasteiger partial charge in [-0.05, 0) is 48.9 Å². The molecule has 102 valence electrons. The van der Waals surface area contributed by atoms with Gasteiger partial charge in [-0.25, -0.2) is 0 Å². The van der Waals surface area contributed by atoms with Crippen molar-refractivity contribution in [2.75, 3.05) is 0 Å². The number of aryl methyl sites for hydroxylation is 1. The molecular weight excluding hydrogens is 254 g/mol. The highest BCUT2D eigenvalue weighted by Crippen LogP contribution is 2.28. The minimum absolute atomic E-state index is 0.360. The third-order valence-electron chi connectivity index (χ3n) is 4.03. The molecule has 0 heterocycles. The second kappa shape index (κ2) is 6.34. The molecule has 0 spiro atoms. The lowest BCUT2D eigenvalue weighted by molar-refractivity contribution is 0.389. The van der Waals surface area contributed by atoms with Crippen molar-refractivity contribution < 1.29 is 4.21 Å². The van der Waals surface area contributed by atoms with Crippen molar-refractivity contribution in [2.45, 2.75) is 50.5 Å². The number of benzene rings is 1. The molecule has 3 unspecified atom stereocenters. The van der Waals surface area contributed by atoms with Gasteiger partial charge in [0.15, 0.2) is 0 Å². The maximum atomic E-state index is 12.5. The first-order valence-electron chi connectivity index (χ1n) is 6.97. The molecule has 0 aromatic heterocycles. The fraction of sp³-hybridized carbons (Fsp3) is 0.562. The first kappa shape index (κ1) is 14.3. The summed E-state index contributed by atoms with van der Waals surface area (Å²) in [6, 6.07) is 7.81. The van der Waals surface area contributed by atoms with Gasteiger partial charge < -0.3 is 0 Å². The normalized spacial score (nSPS) is 24.7. The molecule has 1 fully saturated rings. The molecule has 2 rings (SSSR count). The number of hydrogen-bond acceptors (Lipinski definition) is 2. The van der Waals surface area contributed by atoms with E-state index in [2.05, 4.69) is 13.0 Å². The van der Waals surface area contributed by atoms with Crippen LogP contribution in [0.2, 0.25) is 0 Å². The molecule has 1 aliphatic carbocycles. The molecule has 0 N–H and O–H groups in total. The molecule has 3 heteroatoms. The number of hydrogen-bond donors (Lipinski definition) is 0. The minimum Gasteiger partial charge on any atom is -0.259 e.